The number of carboxylic acid groups (broad SMARTS) is 1. The summed E-state index contributed by atoms with van der Waals surface area (Å²) in [5, 5.41) is 12.2. The Morgan fingerprint density at radius 1 is 1.26 bits per heavy atom. The number of nitrogens with zero attached hydrogens (tertiary/aromatic N) is 1. The molecule has 2 aromatic rings. The van der Waals surface area contributed by atoms with Gasteiger partial charge in [-0.2, -0.15) is 13.2 Å². The molecule has 2 rings (SSSR count). The van der Waals surface area contributed by atoms with Crippen LogP contribution in [0.15, 0.2) is 35.1 Å². The van der Waals surface area contributed by atoms with E-state index in [2.05, 4.69) is 9.68 Å². The Bertz CT molecular complexity index is 587. The van der Waals surface area contributed by atoms with E-state index >= 15 is 0 Å². The van der Waals surface area contributed by atoms with Gasteiger partial charge in [-0.05, 0) is 17.7 Å². The third kappa shape index (κ3) is 2.93. The van der Waals surface area contributed by atoms with Gasteiger partial charge in [-0.1, -0.05) is 17.3 Å². The largest absolute Gasteiger partial charge is 0.481 e. The smallest absolute Gasteiger partial charge is 0.416 e. The van der Waals surface area contributed by atoms with Crippen LogP contribution >= 0.6 is 0 Å². The lowest BCUT2D eigenvalue weighted by molar-refractivity contribution is -0.138. The topological polar surface area (TPSA) is 63.3 Å². The molecule has 0 atom stereocenters. The molecule has 1 aromatic heterocycles. The van der Waals surface area contributed by atoms with Crippen molar-refractivity contribution in [1.82, 2.24) is 5.16 Å². The molecule has 19 heavy (non-hydrogen) atoms. The Labute approximate surface area is 105 Å². The Kier molecular flexibility index (Phi) is 3.28. The Morgan fingerprint density at radius 3 is 2.42 bits per heavy atom. The van der Waals surface area contributed by atoms with Crippen LogP contribution in [0.4, 0.5) is 13.2 Å². The maximum Gasteiger partial charge on any atom is 0.416 e. The summed E-state index contributed by atoms with van der Waals surface area (Å²) >= 11 is 0. The molecule has 0 saturated carbocycles. The zero-order valence-corrected chi connectivity index (χ0v) is 9.44. The summed E-state index contributed by atoms with van der Waals surface area (Å²) in [4.78, 5) is 10.6. The van der Waals surface area contributed by atoms with Crippen molar-refractivity contribution in [2.75, 3.05) is 0 Å². The Balaban J connectivity index is 2.33. The lowest BCUT2D eigenvalue weighted by Gasteiger charge is -2.07. The summed E-state index contributed by atoms with van der Waals surface area (Å²) in [6.45, 7) is 0. The van der Waals surface area contributed by atoms with Gasteiger partial charge in [0.25, 0.3) is 0 Å². The number of aliphatic carboxylic acids is 1. The number of rotatable bonds is 3. The quantitative estimate of drug-likeness (QED) is 0.932. The molecule has 7 heteroatoms. The maximum absolute atomic E-state index is 12.4. The van der Waals surface area contributed by atoms with E-state index in [1.54, 1.807) is 0 Å². The molecule has 0 aliphatic heterocycles. The average molecular weight is 271 g/mol. The molecule has 0 amide bonds. The van der Waals surface area contributed by atoms with E-state index < -0.39 is 17.7 Å². The van der Waals surface area contributed by atoms with Gasteiger partial charge in [-0.3, -0.25) is 4.79 Å². The van der Waals surface area contributed by atoms with E-state index in [-0.39, 0.29) is 12.1 Å². The standard InChI is InChI=1S/C12H8F3NO3/c13-12(14,15)8-3-1-7(2-4-8)9-6-19-16-10(9)5-11(17)18/h1-4,6H,5H2,(H,17,18). The molecule has 100 valence electrons. The zero-order valence-electron chi connectivity index (χ0n) is 9.44. The maximum atomic E-state index is 12.4. The number of carboxylic acids is 1. The van der Waals surface area contributed by atoms with Gasteiger partial charge in [0.05, 0.1) is 12.0 Å². The van der Waals surface area contributed by atoms with Crippen LogP contribution in [0.2, 0.25) is 0 Å². The minimum Gasteiger partial charge on any atom is -0.481 e. The van der Waals surface area contributed by atoms with Crippen molar-refractivity contribution in [3.8, 4) is 11.1 Å². The highest BCUT2D eigenvalue weighted by Gasteiger charge is 2.30. The van der Waals surface area contributed by atoms with Gasteiger partial charge < -0.3 is 9.63 Å². The van der Waals surface area contributed by atoms with Gasteiger partial charge in [0.2, 0.25) is 0 Å². The van der Waals surface area contributed by atoms with Crippen molar-refractivity contribution in [3.63, 3.8) is 0 Å². The molecule has 0 unspecified atom stereocenters. The molecule has 1 heterocycles. The molecule has 0 bridgehead atoms. The molecule has 1 N–H and O–H groups in total. The fourth-order valence-corrected chi connectivity index (χ4v) is 1.60. The SMILES string of the molecule is O=C(O)Cc1nocc1-c1ccc(C(F)(F)F)cc1. The van der Waals surface area contributed by atoms with E-state index in [1.807, 2.05) is 0 Å². The van der Waals surface area contributed by atoms with E-state index in [1.165, 1.54) is 18.4 Å². The number of benzene rings is 1. The lowest BCUT2D eigenvalue weighted by Crippen LogP contribution is -2.04. The van der Waals surface area contributed by atoms with E-state index in [0.717, 1.165) is 12.1 Å². The van der Waals surface area contributed by atoms with Crippen LogP contribution in [0.25, 0.3) is 11.1 Å². The van der Waals surface area contributed by atoms with Crippen molar-refractivity contribution in [1.29, 1.82) is 0 Å². The third-order valence-electron chi connectivity index (χ3n) is 2.49. The van der Waals surface area contributed by atoms with Crippen LogP contribution in [0, 0.1) is 0 Å². The van der Waals surface area contributed by atoms with Crippen LogP contribution in [-0.4, -0.2) is 16.2 Å². The molecule has 0 aliphatic carbocycles. The second-order valence-electron chi connectivity index (χ2n) is 3.82. The molecule has 0 fully saturated rings. The van der Waals surface area contributed by atoms with Crippen LogP contribution in [0.3, 0.4) is 0 Å². The average Bonchev–Trinajstić information content (AvgIpc) is 2.75. The summed E-state index contributed by atoms with van der Waals surface area (Å²) in [5.74, 6) is -1.10. The molecule has 0 saturated heterocycles. The molecular formula is C12H8F3NO3. The first-order valence-electron chi connectivity index (χ1n) is 5.20. The predicted octanol–water partition coefficient (Wildman–Crippen LogP) is 2.99. The van der Waals surface area contributed by atoms with Crippen molar-refractivity contribution in [2.24, 2.45) is 0 Å². The highest BCUT2D eigenvalue weighted by molar-refractivity contribution is 5.74. The number of halogens is 3. The van der Waals surface area contributed by atoms with E-state index in [0.29, 0.717) is 11.1 Å². The van der Waals surface area contributed by atoms with Crippen molar-refractivity contribution in [2.45, 2.75) is 12.6 Å². The normalized spacial score (nSPS) is 11.5. The molecular weight excluding hydrogens is 263 g/mol. The summed E-state index contributed by atoms with van der Waals surface area (Å²) in [7, 11) is 0. The molecule has 0 spiro atoms. The number of hydrogen-bond acceptors (Lipinski definition) is 3. The van der Waals surface area contributed by atoms with Gasteiger partial charge in [0, 0.05) is 5.56 Å². The minimum atomic E-state index is -4.41. The first-order chi connectivity index (χ1) is 8.88. The summed E-state index contributed by atoms with van der Waals surface area (Å²) in [6, 6.07) is 4.35. The highest BCUT2D eigenvalue weighted by Crippen LogP contribution is 2.31. The van der Waals surface area contributed by atoms with Crippen molar-refractivity contribution < 1.29 is 27.6 Å². The van der Waals surface area contributed by atoms with Gasteiger partial charge in [0.15, 0.2) is 0 Å². The summed E-state index contributed by atoms with van der Waals surface area (Å²) in [5.41, 5.74) is 0.196. The Morgan fingerprint density at radius 2 is 1.89 bits per heavy atom. The molecule has 0 radical (unpaired) electrons. The first kappa shape index (κ1) is 13.1. The molecule has 1 aromatic carbocycles. The second kappa shape index (κ2) is 4.75. The van der Waals surface area contributed by atoms with Crippen LogP contribution in [-0.2, 0) is 17.4 Å². The monoisotopic (exact) mass is 271 g/mol. The van der Waals surface area contributed by atoms with Crippen molar-refractivity contribution in [3.05, 3.63) is 41.8 Å². The van der Waals surface area contributed by atoms with Gasteiger partial charge in [0.1, 0.15) is 12.0 Å². The van der Waals surface area contributed by atoms with Crippen molar-refractivity contribution >= 4 is 5.97 Å². The van der Waals surface area contributed by atoms with Gasteiger partial charge in [-0.25, -0.2) is 0 Å². The second-order valence-corrected chi connectivity index (χ2v) is 3.82. The summed E-state index contributed by atoms with van der Waals surface area (Å²) in [6.07, 6.45) is -3.55. The fourth-order valence-electron chi connectivity index (χ4n) is 1.60. The van der Waals surface area contributed by atoms with Gasteiger partial charge in [-0.15, -0.1) is 0 Å². The van der Waals surface area contributed by atoms with E-state index in [9.17, 15) is 18.0 Å². The Hall–Kier alpha value is -2.31. The minimum absolute atomic E-state index is 0.173. The van der Waals surface area contributed by atoms with Gasteiger partial charge >= 0.3 is 12.1 Å². The lowest BCUT2D eigenvalue weighted by atomic mass is 10.0. The zero-order chi connectivity index (χ0) is 14.0. The highest BCUT2D eigenvalue weighted by atomic mass is 19.4. The van der Waals surface area contributed by atoms with Crippen LogP contribution in [0.5, 0.6) is 0 Å². The van der Waals surface area contributed by atoms with Crippen LogP contribution < -0.4 is 0 Å². The third-order valence-corrected chi connectivity index (χ3v) is 2.49. The van der Waals surface area contributed by atoms with E-state index in [4.69, 9.17) is 5.11 Å². The summed E-state index contributed by atoms with van der Waals surface area (Å²) < 4.78 is 41.9. The molecule has 0 aliphatic rings. The number of hydrogen-bond donors (Lipinski definition) is 1. The number of alkyl halides is 3. The number of carbonyl (C=O) groups is 1. The van der Waals surface area contributed by atoms with Crippen LogP contribution in [0.1, 0.15) is 11.3 Å². The predicted molar refractivity (Wildman–Crippen MR) is 58.3 cm³/mol. The first-order valence-corrected chi connectivity index (χ1v) is 5.20. The number of aromatic nitrogens is 1. The molecule has 4 nitrogen and oxygen atoms in total. The fraction of sp³-hybridized carbons (Fsp3) is 0.167.